The monoisotopic (exact) mass is 157 g/mol. The molecule has 5 nitrogen and oxygen atoms in total. The van der Waals surface area contributed by atoms with Gasteiger partial charge in [0.1, 0.15) is 0 Å². The standard InChI is InChI=1S/C6H11N3O2/c1-9(3-2-7)5-4-6(10)11-8-5/h4,10H,2-3,7H2,1H3. The number of aromatic hydroxyl groups is 1. The molecule has 1 aromatic rings. The molecule has 0 fully saturated rings. The van der Waals surface area contributed by atoms with Gasteiger partial charge in [0, 0.05) is 20.1 Å². The summed E-state index contributed by atoms with van der Waals surface area (Å²) in [5.74, 6) is 0.414. The second kappa shape index (κ2) is 3.25. The van der Waals surface area contributed by atoms with Gasteiger partial charge in [-0.25, -0.2) is 0 Å². The fraction of sp³-hybridized carbons (Fsp3) is 0.500. The van der Waals surface area contributed by atoms with Gasteiger partial charge in [0.2, 0.25) is 0 Å². The SMILES string of the molecule is CN(CCN)c1cc(O)on1. The van der Waals surface area contributed by atoms with Gasteiger partial charge in [-0.1, -0.05) is 5.16 Å². The third kappa shape index (κ3) is 1.84. The van der Waals surface area contributed by atoms with E-state index in [1.54, 1.807) is 4.90 Å². The first-order valence-corrected chi connectivity index (χ1v) is 3.31. The van der Waals surface area contributed by atoms with Crippen LogP contribution >= 0.6 is 0 Å². The molecule has 0 atom stereocenters. The van der Waals surface area contributed by atoms with Crippen molar-refractivity contribution >= 4 is 5.82 Å². The Labute approximate surface area is 64.4 Å². The molecule has 3 N–H and O–H groups in total. The molecule has 0 radical (unpaired) electrons. The highest BCUT2D eigenvalue weighted by Crippen LogP contribution is 2.16. The van der Waals surface area contributed by atoms with Crippen LogP contribution in [0.15, 0.2) is 10.6 Å². The molecule has 0 spiro atoms. The molecule has 11 heavy (non-hydrogen) atoms. The predicted octanol–water partition coefficient (Wildman–Crippen LogP) is -0.225. The first kappa shape index (κ1) is 7.87. The van der Waals surface area contributed by atoms with Crippen LogP contribution in [0.2, 0.25) is 0 Å². The Morgan fingerprint density at radius 2 is 2.55 bits per heavy atom. The van der Waals surface area contributed by atoms with Crippen LogP contribution in [0, 0.1) is 0 Å². The topological polar surface area (TPSA) is 75.5 Å². The van der Waals surface area contributed by atoms with Gasteiger partial charge in [-0.2, -0.15) is 0 Å². The normalized spacial score (nSPS) is 10.0. The minimum Gasteiger partial charge on any atom is -0.479 e. The fourth-order valence-electron chi connectivity index (χ4n) is 0.745. The average molecular weight is 157 g/mol. The Morgan fingerprint density at radius 1 is 1.82 bits per heavy atom. The maximum absolute atomic E-state index is 8.78. The number of rotatable bonds is 3. The number of anilines is 1. The molecule has 0 bridgehead atoms. The molecule has 0 saturated carbocycles. The zero-order valence-corrected chi connectivity index (χ0v) is 6.32. The first-order chi connectivity index (χ1) is 5.24. The molecule has 1 aromatic heterocycles. The number of hydrogen-bond donors (Lipinski definition) is 2. The number of hydrogen-bond acceptors (Lipinski definition) is 5. The van der Waals surface area contributed by atoms with Gasteiger partial charge < -0.3 is 20.3 Å². The number of nitrogens with zero attached hydrogens (tertiary/aromatic N) is 2. The van der Waals surface area contributed by atoms with Crippen LogP contribution in [0.4, 0.5) is 5.82 Å². The minimum absolute atomic E-state index is 0.177. The summed E-state index contributed by atoms with van der Waals surface area (Å²) < 4.78 is 4.46. The summed E-state index contributed by atoms with van der Waals surface area (Å²) in [6.45, 7) is 1.23. The van der Waals surface area contributed by atoms with Crippen LogP contribution in [0.25, 0.3) is 0 Å². The summed E-state index contributed by atoms with van der Waals surface area (Å²) in [5, 5.41) is 12.4. The zero-order valence-electron chi connectivity index (χ0n) is 6.32. The van der Waals surface area contributed by atoms with Crippen molar-refractivity contribution in [1.82, 2.24) is 5.16 Å². The Kier molecular flexibility index (Phi) is 2.32. The van der Waals surface area contributed by atoms with E-state index >= 15 is 0 Å². The van der Waals surface area contributed by atoms with Crippen LogP contribution in [0.1, 0.15) is 0 Å². The minimum atomic E-state index is -0.177. The van der Waals surface area contributed by atoms with Crippen LogP contribution in [-0.4, -0.2) is 30.4 Å². The van der Waals surface area contributed by atoms with E-state index in [1.807, 2.05) is 7.05 Å². The second-order valence-corrected chi connectivity index (χ2v) is 2.23. The summed E-state index contributed by atoms with van der Waals surface area (Å²) in [6.07, 6.45) is 0. The molecule has 0 unspecified atom stereocenters. The summed E-state index contributed by atoms with van der Waals surface area (Å²) in [6, 6.07) is 1.44. The Balaban J connectivity index is 2.60. The van der Waals surface area contributed by atoms with Crippen LogP contribution in [0.5, 0.6) is 5.95 Å². The summed E-state index contributed by atoms with van der Waals surface area (Å²) in [5.41, 5.74) is 5.31. The van der Waals surface area contributed by atoms with Crippen LogP contribution < -0.4 is 10.6 Å². The Hall–Kier alpha value is -1.23. The molecule has 1 rings (SSSR count). The lowest BCUT2D eigenvalue weighted by molar-refractivity contribution is 0.278. The molecule has 1 heterocycles. The molecule has 0 amide bonds. The van der Waals surface area contributed by atoms with Crippen molar-refractivity contribution in [1.29, 1.82) is 0 Å². The van der Waals surface area contributed by atoms with E-state index in [-0.39, 0.29) is 5.95 Å². The molecule has 0 saturated heterocycles. The van der Waals surface area contributed by atoms with E-state index in [4.69, 9.17) is 10.8 Å². The van der Waals surface area contributed by atoms with E-state index in [0.29, 0.717) is 18.9 Å². The molecule has 0 aliphatic carbocycles. The lowest BCUT2D eigenvalue weighted by atomic mass is 10.5. The highest BCUT2D eigenvalue weighted by Gasteiger charge is 2.05. The van der Waals surface area contributed by atoms with Crippen LogP contribution in [-0.2, 0) is 0 Å². The molecule has 0 aromatic carbocycles. The smallest absolute Gasteiger partial charge is 0.310 e. The van der Waals surface area contributed by atoms with Crippen LogP contribution in [0.3, 0.4) is 0 Å². The zero-order chi connectivity index (χ0) is 8.27. The van der Waals surface area contributed by atoms with E-state index in [1.165, 1.54) is 6.07 Å². The lowest BCUT2D eigenvalue weighted by Gasteiger charge is -2.12. The highest BCUT2D eigenvalue weighted by atomic mass is 16.5. The molecule has 0 aliphatic heterocycles. The van der Waals surface area contributed by atoms with Crippen molar-refractivity contribution in [3.05, 3.63) is 6.07 Å². The van der Waals surface area contributed by atoms with Gasteiger partial charge in [0.25, 0.3) is 0 Å². The molecular formula is C6H11N3O2. The number of aromatic nitrogens is 1. The average Bonchev–Trinajstić information content (AvgIpc) is 2.36. The highest BCUT2D eigenvalue weighted by molar-refractivity contribution is 5.38. The number of likely N-dealkylation sites (N-methyl/N-ethyl adjacent to an activating group) is 1. The first-order valence-electron chi connectivity index (χ1n) is 3.31. The summed E-state index contributed by atoms with van der Waals surface area (Å²) in [7, 11) is 1.82. The van der Waals surface area contributed by atoms with Gasteiger partial charge in [-0.05, 0) is 0 Å². The number of nitrogens with two attached hydrogens (primary N) is 1. The van der Waals surface area contributed by atoms with Crippen molar-refractivity contribution in [2.75, 3.05) is 25.0 Å². The third-order valence-electron chi connectivity index (χ3n) is 1.34. The Morgan fingerprint density at radius 3 is 3.00 bits per heavy atom. The maximum Gasteiger partial charge on any atom is 0.310 e. The molecule has 0 aliphatic rings. The van der Waals surface area contributed by atoms with Gasteiger partial charge in [0.15, 0.2) is 5.82 Å². The van der Waals surface area contributed by atoms with Crippen molar-refractivity contribution in [2.24, 2.45) is 5.73 Å². The van der Waals surface area contributed by atoms with E-state index < -0.39 is 0 Å². The Bertz CT molecular complexity index is 223. The summed E-state index contributed by atoms with van der Waals surface area (Å²) >= 11 is 0. The van der Waals surface area contributed by atoms with Gasteiger partial charge in [-0.15, -0.1) is 0 Å². The second-order valence-electron chi connectivity index (χ2n) is 2.23. The van der Waals surface area contributed by atoms with E-state index in [9.17, 15) is 0 Å². The van der Waals surface area contributed by atoms with E-state index in [0.717, 1.165) is 0 Å². The van der Waals surface area contributed by atoms with Gasteiger partial charge in [-0.3, -0.25) is 0 Å². The third-order valence-corrected chi connectivity index (χ3v) is 1.34. The van der Waals surface area contributed by atoms with E-state index in [2.05, 4.69) is 9.68 Å². The van der Waals surface area contributed by atoms with Crippen molar-refractivity contribution in [3.63, 3.8) is 0 Å². The lowest BCUT2D eigenvalue weighted by Crippen LogP contribution is -2.25. The van der Waals surface area contributed by atoms with Crippen molar-refractivity contribution < 1.29 is 9.63 Å². The van der Waals surface area contributed by atoms with Crippen molar-refractivity contribution in [2.45, 2.75) is 0 Å². The van der Waals surface area contributed by atoms with Gasteiger partial charge >= 0.3 is 5.95 Å². The molecular weight excluding hydrogens is 146 g/mol. The molecule has 62 valence electrons. The van der Waals surface area contributed by atoms with Gasteiger partial charge in [0.05, 0.1) is 6.07 Å². The maximum atomic E-state index is 8.78. The quantitative estimate of drug-likeness (QED) is 0.634. The predicted molar refractivity (Wildman–Crippen MR) is 40.5 cm³/mol. The fourth-order valence-corrected chi connectivity index (χ4v) is 0.745. The van der Waals surface area contributed by atoms with Crippen molar-refractivity contribution in [3.8, 4) is 5.95 Å². The molecule has 5 heteroatoms. The summed E-state index contributed by atoms with van der Waals surface area (Å²) in [4.78, 5) is 1.79. The largest absolute Gasteiger partial charge is 0.479 e.